The van der Waals surface area contributed by atoms with Gasteiger partial charge in [0.25, 0.3) is 0 Å². The number of carboxylic acid groups (broad SMARTS) is 1. The summed E-state index contributed by atoms with van der Waals surface area (Å²) in [4.78, 5) is 17.0. The summed E-state index contributed by atoms with van der Waals surface area (Å²) in [5.74, 6) is -1.08. The van der Waals surface area contributed by atoms with Gasteiger partial charge < -0.3 is 15.5 Å². The Hall–Kier alpha value is -2.07. The van der Waals surface area contributed by atoms with Crippen molar-refractivity contribution in [2.24, 2.45) is 11.8 Å². The molecular formula is C14H22N6O3S. The number of hydrogen-bond acceptors (Lipinski definition) is 8. The van der Waals surface area contributed by atoms with Crippen molar-refractivity contribution in [2.45, 2.75) is 32.6 Å². The zero-order valence-electron chi connectivity index (χ0n) is 13.6. The quantitative estimate of drug-likeness (QED) is 0.498. The number of anilines is 1. The van der Waals surface area contributed by atoms with Gasteiger partial charge in [0, 0.05) is 23.5 Å². The fourth-order valence-electron chi connectivity index (χ4n) is 2.56. The van der Waals surface area contributed by atoms with Gasteiger partial charge in [-0.25, -0.2) is 10.1 Å². The summed E-state index contributed by atoms with van der Waals surface area (Å²) in [6.07, 6.45) is 2.74. The van der Waals surface area contributed by atoms with Crippen LogP contribution in [0.5, 0.6) is 0 Å². The molecule has 0 spiro atoms. The standard InChI is InChI=1S/C14H22N6O3S/c1-8(2)5-11(13(22)23)10(12-17-19-20-18-12)6-9-7-16-14(24-9)15-3-4-21/h7-8,10-11,21H,3-6H2,1-2H3,(H,15,16)(H,22,23)(H,17,18,19,20)/t10?,11-/m0/s1. The lowest BCUT2D eigenvalue weighted by Gasteiger charge is -2.22. The number of nitrogens with one attached hydrogen (secondary N) is 2. The third kappa shape index (κ3) is 4.96. The van der Waals surface area contributed by atoms with E-state index in [1.165, 1.54) is 11.3 Å². The highest BCUT2D eigenvalue weighted by molar-refractivity contribution is 7.15. The number of aromatic amines is 1. The minimum atomic E-state index is -0.853. The molecule has 1 unspecified atom stereocenters. The lowest BCUT2D eigenvalue weighted by atomic mass is 9.82. The van der Waals surface area contributed by atoms with E-state index in [4.69, 9.17) is 5.11 Å². The normalized spacial score (nSPS) is 13.8. The topological polar surface area (TPSA) is 137 Å². The van der Waals surface area contributed by atoms with Crippen molar-refractivity contribution in [1.82, 2.24) is 25.6 Å². The van der Waals surface area contributed by atoms with E-state index in [9.17, 15) is 9.90 Å². The van der Waals surface area contributed by atoms with Crippen molar-refractivity contribution >= 4 is 22.4 Å². The van der Waals surface area contributed by atoms with Crippen LogP contribution < -0.4 is 5.32 Å². The molecule has 132 valence electrons. The first-order chi connectivity index (χ1) is 11.5. The Kier molecular flexibility index (Phi) is 6.62. The van der Waals surface area contributed by atoms with E-state index in [1.807, 2.05) is 13.8 Å². The molecule has 9 nitrogen and oxygen atoms in total. The molecule has 2 aromatic rings. The fourth-order valence-corrected chi connectivity index (χ4v) is 3.46. The van der Waals surface area contributed by atoms with Gasteiger partial charge in [-0.15, -0.1) is 16.4 Å². The second-order valence-electron chi connectivity index (χ2n) is 5.95. The minimum absolute atomic E-state index is 0.0246. The Balaban J connectivity index is 2.20. The van der Waals surface area contributed by atoms with Crippen LogP contribution in [0.25, 0.3) is 0 Å². The summed E-state index contributed by atoms with van der Waals surface area (Å²) in [5.41, 5.74) is 0. The van der Waals surface area contributed by atoms with Gasteiger partial charge in [0.1, 0.15) is 0 Å². The molecule has 2 heterocycles. The summed E-state index contributed by atoms with van der Waals surface area (Å²) >= 11 is 1.44. The number of nitrogens with zero attached hydrogens (tertiary/aromatic N) is 4. The predicted octanol–water partition coefficient (Wildman–Crippen LogP) is 1.13. The summed E-state index contributed by atoms with van der Waals surface area (Å²) in [5, 5.41) is 36.0. The molecule has 0 saturated heterocycles. The highest BCUT2D eigenvalue weighted by Gasteiger charge is 2.33. The van der Waals surface area contributed by atoms with Crippen molar-refractivity contribution < 1.29 is 15.0 Å². The van der Waals surface area contributed by atoms with Crippen LogP contribution in [0.1, 0.15) is 36.9 Å². The Morgan fingerprint density at radius 1 is 1.46 bits per heavy atom. The Bertz CT molecular complexity index is 630. The number of carbonyl (C=O) groups is 1. The molecular weight excluding hydrogens is 332 g/mol. The van der Waals surface area contributed by atoms with Crippen molar-refractivity contribution in [3.8, 4) is 0 Å². The molecule has 2 atom stereocenters. The van der Waals surface area contributed by atoms with E-state index in [2.05, 4.69) is 30.9 Å². The summed E-state index contributed by atoms with van der Waals surface area (Å²) in [6.45, 7) is 4.44. The number of thiazole rings is 1. The smallest absolute Gasteiger partial charge is 0.307 e. The lowest BCUT2D eigenvalue weighted by molar-refractivity contribution is -0.143. The van der Waals surface area contributed by atoms with Crippen LogP contribution in [0.2, 0.25) is 0 Å². The van der Waals surface area contributed by atoms with E-state index in [-0.39, 0.29) is 18.4 Å². The largest absolute Gasteiger partial charge is 0.481 e. The van der Waals surface area contributed by atoms with E-state index in [1.54, 1.807) is 6.20 Å². The van der Waals surface area contributed by atoms with Crippen LogP contribution in [0.4, 0.5) is 5.13 Å². The minimum Gasteiger partial charge on any atom is -0.481 e. The molecule has 0 aliphatic rings. The van der Waals surface area contributed by atoms with E-state index < -0.39 is 11.9 Å². The molecule has 0 amide bonds. The number of H-pyrrole nitrogens is 1. The van der Waals surface area contributed by atoms with Crippen LogP contribution >= 0.6 is 11.3 Å². The monoisotopic (exact) mass is 354 g/mol. The van der Waals surface area contributed by atoms with Crippen LogP contribution in [-0.2, 0) is 11.2 Å². The molecule has 0 saturated carbocycles. The van der Waals surface area contributed by atoms with Gasteiger partial charge in [0.05, 0.1) is 12.5 Å². The molecule has 0 aliphatic heterocycles. The van der Waals surface area contributed by atoms with Crippen LogP contribution in [0, 0.1) is 11.8 Å². The maximum absolute atomic E-state index is 11.8. The van der Waals surface area contributed by atoms with E-state index >= 15 is 0 Å². The van der Waals surface area contributed by atoms with Gasteiger partial charge in [0.15, 0.2) is 11.0 Å². The average molecular weight is 354 g/mol. The molecule has 0 aliphatic carbocycles. The lowest BCUT2D eigenvalue weighted by Crippen LogP contribution is -2.26. The van der Waals surface area contributed by atoms with Gasteiger partial charge in [0.2, 0.25) is 0 Å². The molecule has 0 radical (unpaired) electrons. The first-order valence-electron chi connectivity index (χ1n) is 7.77. The van der Waals surface area contributed by atoms with E-state index in [0.29, 0.717) is 30.3 Å². The molecule has 0 aromatic carbocycles. The van der Waals surface area contributed by atoms with Gasteiger partial charge in [-0.05, 0) is 29.2 Å². The number of tetrazole rings is 1. The molecule has 2 aromatic heterocycles. The summed E-state index contributed by atoms with van der Waals surface area (Å²) in [7, 11) is 0. The first-order valence-corrected chi connectivity index (χ1v) is 8.58. The Morgan fingerprint density at radius 3 is 2.83 bits per heavy atom. The Morgan fingerprint density at radius 2 is 2.25 bits per heavy atom. The number of aliphatic carboxylic acids is 1. The predicted molar refractivity (Wildman–Crippen MR) is 88.9 cm³/mol. The summed E-state index contributed by atoms with van der Waals surface area (Å²) in [6, 6.07) is 0. The van der Waals surface area contributed by atoms with Crippen molar-refractivity contribution in [1.29, 1.82) is 0 Å². The Labute approximate surface area is 143 Å². The van der Waals surface area contributed by atoms with Crippen LogP contribution in [-0.4, -0.2) is 54.9 Å². The van der Waals surface area contributed by atoms with Crippen molar-refractivity contribution in [3.63, 3.8) is 0 Å². The number of carboxylic acids is 1. The number of aliphatic hydroxyl groups excluding tert-OH is 1. The SMILES string of the molecule is CC(C)C[C@H](C(=O)O)C(Cc1cnc(NCCO)s1)c1nnn[nH]1. The average Bonchev–Trinajstić information content (AvgIpc) is 3.19. The second-order valence-corrected chi connectivity index (χ2v) is 7.07. The molecule has 2 rings (SSSR count). The van der Waals surface area contributed by atoms with Crippen LogP contribution in [0.15, 0.2) is 6.20 Å². The summed E-state index contributed by atoms with van der Waals surface area (Å²) < 4.78 is 0. The first kappa shape index (κ1) is 18.3. The molecule has 10 heteroatoms. The van der Waals surface area contributed by atoms with Gasteiger partial charge in [-0.2, -0.15) is 0 Å². The number of aliphatic hydroxyl groups is 1. The number of aromatic nitrogens is 5. The highest BCUT2D eigenvalue weighted by atomic mass is 32.1. The van der Waals surface area contributed by atoms with Gasteiger partial charge in [-0.3, -0.25) is 4.79 Å². The molecule has 0 bridgehead atoms. The molecule has 24 heavy (non-hydrogen) atoms. The zero-order valence-corrected chi connectivity index (χ0v) is 14.5. The van der Waals surface area contributed by atoms with Crippen LogP contribution in [0.3, 0.4) is 0 Å². The van der Waals surface area contributed by atoms with E-state index in [0.717, 1.165) is 4.88 Å². The number of rotatable bonds is 10. The zero-order chi connectivity index (χ0) is 17.5. The van der Waals surface area contributed by atoms with Gasteiger partial charge in [-0.1, -0.05) is 13.8 Å². The van der Waals surface area contributed by atoms with Crippen molar-refractivity contribution in [2.75, 3.05) is 18.5 Å². The van der Waals surface area contributed by atoms with Crippen molar-refractivity contribution in [3.05, 3.63) is 16.9 Å². The maximum Gasteiger partial charge on any atom is 0.307 e. The third-order valence-corrected chi connectivity index (χ3v) is 4.58. The molecule has 0 fully saturated rings. The molecule has 4 N–H and O–H groups in total. The van der Waals surface area contributed by atoms with Gasteiger partial charge >= 0.3 is 5.97 Å². The highest BCUT2D eigenvalue weighted by Crippen LogP contribution is 2.33. The fraction of sp³-hybridized carbons (Fsp3) is 0.643. The number of hydrogen-bond donors (Lipinski definition) is 4. The third-order valence-electron chi connectivity index (χ3n) is 3.60. The second kappa shape index (κ2) is 8.69. The maximum atomic E-state index is 11.8.